The molecule has 1 heterocycles. The second-order valence-corrected chi connectivity index (χ2v) is 3.37. The van der Waals surface area contributed by atoms with E-state index in [9.17, 15) is 4.79 Å². The maximum absolute atomic E-state index is 11.1. The third-order valence-electron chi connectivity index (χ3n) is 1.21. The molecule has 0 amide bonds. The Morgan fingerprint density at radius 2 is 2.50 bits per heavy atom. The van der Waals surface area contributed by atoms with Gasteiger partial charge in [0.15, 0.2) is 5.82 Å². The zero-order chi connectivity index (χ0) is 8.97. The van der Waals surface area contributed by atoms with Crippen LogP contribution in [-0.4, -0.2) is 27.3 Å². The first-order chi connectivity index (χ1) is 5.77. The molecule has 0 saturated carbocycles. The Bertz CT molecular complexity index is 292. The average Bonchev–Trinajstić information content (AvgIpc) is 2.17. The second-order valence-electron chi connectivity index (χ2n) is 1.98. The average molecular weight is 247 g/mol. The van der Waals surface area contributed by atoms with Gasteiger partial charge in [-0.25, -0.2) is 9.97 Å². The summed E-state index contributed by atoms with van der Waals surface area (Å²) in [5.41, 5.74) is 0. The molecular weight excluding hydrogens is 240 g/mol. The smallest absolute Gasteiger partial charge is 0.210 e. The van der Waals surface area contributed by atoms with Crippen molar-refractivity contribution in [2.75, 3.05) is 11.6 Å². The van der Waals surface area contributed by atoms with Gasteiger partial charge in [-0.15, -0.1) is 11.8 Å². The molecule has 0 aliphatic heterocycles. The van der Waals surface area contributed by atoms with E-state index in [0.29, 0.717) is 0 Å². The van der Waals surface area contributed by atoms with Crippen LogP contribution in [0.15, 0.2) is 17.3 Å². The van der Waals surface area contributed by atoms with Crippen LogP contribution in [0.3, 0.4) is 0 Å². The van der Waals surface area contributed by atoms with E-state index in [2.05, 4.69) is 25.9 Å². The number of halogens is 1. The molecule has 0 aliphatic carbocycles. The summed E-state index contributed by atoms with van der Waals surface area (Å²) >= 11 is 4.55. The second kappa shape index (κ2) is 4.57. The van der Waals surface area contributed by atoms with Gasteiger partial charge in [0.2, 0.25) is 5.78 Å². The lowest BCUT2D eigenvalue weighted by atomic mass is 10.4. The lowest BCUT2D eigenvalue weighted by molar-refractivity contribution is 0.101. The number of ketones is 1. The van der Waals surface area contributed by atoms with Crippen LogP contribution in [0.2, 0.25) is 0 Å². The highest BCUT2D eigenvalue weighted by Crippen LogP contribution is 2.09. The number of carbonyl (C=O) groups excluding carboxylic acids is 1. The maximum Gasteiger partial charge on any atom is 0.210 e. The predicted octanol–water partition coefficient (Wildman–Crippen LogP) is 1.78. The number of thioether (sulfide) groups is 1. The van der Waals surface area contributed by atoms with Crippen molar-refractivity contribution in [3.63, 3.8) is 0 Å². The maximum atomic E-state index is 11.1. The van der Waals surface area contributed by atoms with E-state index in [1.165, 1.54) is 11.8 Å². The van der Waals surface area contributed by atoms with Crippen LogP contribution in [0, 0.1) is 0 Å². The minimum atomic E-state index is -0.0918. The van der Waals surface area contributed by atoms with Crippen LogP contribution in [-0.2, 0) is 0 Å². The molecule has 0 N–H and O–H groups in total. The Labute approximate surface area is 83.1 Å². The van der Waals surface area contributed by atoms with Crippen molar-refractivity contribution < 1.29 is 4.79 Å². The van der Waals surface area contributed by atoms with E-state index in [1.54, 1.807) is 12.3 Å². The summed E-state index contributed by atoms with van der Waals surface area (Å²) in [6, 6.07) is 1.77. The summed E-state index contributed by atoms with van der Waals surface area (Å²) in [5.74, 6) is 0.185. The van der Waals surface area contributed by atoms with Gasteiger partial charge in [0.05, 0.1) is 10.4 Å². The quantitative estimate of drug-likeness (QED) is 0.353. The molecule has 1 aromatic rings. The Morgan fingerprint density at radius 3 is 3.08 bits per heavy atom. The predicted molar refractivity (Wildman–Crippen MR) is 51.9 cm³/mol. The number of nitrogens with zero attached hydrogens (tertiary/aromatic N) is 2. The van der Waals surface area contributed by atoms with Crippen molar-refractivity contribution in [1.29, 1.82) is 0 Å². The van der Waals surface area contributed by atoms with E-state index >= 15 is 0 Å². The van der Waals surface area contributed by atoms with Crippen LogP contribution in [0.1, 0.15) is 10.6 Å². The fourth-order valence-electron chi connectivity index (χ4n) is 0.650. The number of hydrogen-bond acceptors (Lipinski definition) is 4. The number of aromatic nitrogens is 2. The van der Waals surface area contributed by atoms with Crippen molar-refractivity contribution in [2.24, 2.45) is 0 Å². The highest BCUT2D eigenvalue weighted by Gasteiger charge is 2.06. The summed E-state index contributed by atoms with van der Waals surface area (Å²) in [5, 5.41) is 1.08. The van der Waals surface area contributed by atoms with E-state index < -0.39 is 0 Å². The Hall–Kier alpha value is -0.420. The molecule has 0 aliphatic rings. The van der Waals surface area contributed by atoms with Crippen LogP contribution < -0.4 is 0 Å². The molecule has 0 unspecified atom stereocenters. The Kier molecular flexibility index (Phi) is 3.68. The standard InChI is InChI=1S/C7H7BrN2OS/c1-12-6-2-3-9-7(10-6)5(11)4-8/h2-3H,4H2,1H3. The molecular formula is C7H7BrN2OS. The van der Waals surface area contributed by atoms with Gasteiger partial charge in [0.1, 0.15) is 0 Å². The van der Waals surface area contributed by atoms with Crippen LogP contribution in [0.5, 0.6) is 0 Å². The van der Waals surface area contributed by atoms with Gasteiger partial charge in [-0.3, -0.25) is 4.79 Å². The number of hydrogen-bond donors (Lipinski definition) is 0. The van der Waals surface area contributed by atoms with Gasteiger partial charge in [-0.05, 0) is 12.3 Å². The van der Waals surface area contributed by atoms with Gasteiger partial charge in [0.25, 0.3) is 0 Å². The van der Waals surface area contributed by atoms with Crippen LogP contribution >= 0.6 is 27.7 Å². The molecule has 0 radical (unpaired) electrons. The zero-order valence-corrected chi connectivity index (χ0v) is 8.85. The molecule has 0 fully saturated rings. The highest BCUT2D eigenvalue weighted by atomic mass is 79.9. The summed E-state index contributed by atoms with van der Waals surface area (Å²) < 4.78 is 0. The Balaban J connectivity index is 2.93. The van der Waals surface area contributed by atoms with Crippen molar-refractivity contribution in [3.05, 3.63) is 18.1 Å². The fraction of sp³-hybridized carbons (Fsp3) is 0.286. The minimum absolute atomic E-state index is 0.0918. The summed E-state index contributed by atoms with van der Waals surface area (Å²) in [4.78, 5) is 19.0. The third kappa shape index (κ3) is 2.28. The van der Waals surface area contributed by atoms with Crippen LogP contribution in [0.4, 0.5) is 0 Å². The first-order valence-corrected chi connectivity index (χ1v) is 5.58. The van der Waals surface area contributed by atoms with Gasteiger partial charge in [0, 0.05) is 6.20 Å². The van der Waals surface area contributed by atoms with E-state index in [0.717, 1.165) is 5.03 Å². The highest BCUT2D eigenvalue weighted by molar-refractivity contribution is 9.09. The van der Waals surface area contributed by atoms with Gasteiger partial charge >= 0.3 is 0 Å². The molecule has 3 nitrogen and oxygen atoms in total. The van der Waals surface area contributed by atoms with Gasteiger partial charge < -0.3 is 0 Å². The SMILES string of the molecule is CSc1ccnc(C(=O)CBr)n1. The van der Waals surface area contributed by atoms with Crippen LogP contribution in [0.25, 0.3) is 0 Å². The molecule has 1 rings (SSSR count). The van der Waals surface area contributed by atoms with Crippen molar-refractivity contribution in [2.45, 2.75) is 5.03 Å². The van der Waals surface area contributed by atoms with Crippen molar-refractivity contribution >= 4 is 33.5 Å². The Morgan fingerprint density at radius 1 is 1.75 bits per heavy atom. The molecule has 0 saturated heterocycles. The third-order valence-corrected chi connectivity index (χ3v) is 2.36. The molecule has 0 aromatic carbocycles. The first kappa shape index (κ1) is 9.67. The van der Waals surface area contributed by atoms with E-state index in [4.69, 9.17) is 0 Å². The molecule has 0 spiro atoms. The largest absolute Gasteiger partial charge is 0.290 e. The minimum Gasteiger partial charge on any atom is -0.290 e. The molecule has 5 heteroatoms. The zero-order valence-electron chi connectivity index (χ0n) is 6.45. The normalized spacial score (nSPS) is 9.83. The summed E-state index contributed by atoms with van der Waals surface area (Å²) in [6.45, 7) is 0. The van der Waals surface area contributed by atoms with Gasteiger partial charge in [-0.2, -0.15) is 0 Å². The van der Waals surface area contributed by atoms with Gasteiger partial charge in [-0.1, -0.05) is 15.9 Å². The molecule has 0 atom stereocenters. The van der Waals surface area contributed by atoms with E-state index in [1.807, 2.05) is 6.26 Å². The fourth-order valence-corrected chi connectivity index (χ4v) is 1.28. The van der Waals surface area contributed by atoms with Crippen molar-refractivity contribution in [1.82, 2.24) is 9.97 Å². The monoisotopic (exact) mass is 246 g/mol. The number of alkyl halides is 1. The van der Waals surface area contributed by atoms with Crippen molar-refractivity contribution in [3.8, 4) is 0 Å². The molecule has 12 heavy (non-hydrogen) atoms. The summed E-state index contributed by atoms with van der Waals surface area (Å²) in [7, 11) is 0. The van der Waals surface area contributed by atoms with E-state index in [-0.39, 0.29) is 16.9 Å². The number of Topliss-reactive ketones (excluding diaryl/α,β-unsaturated/α-hetero) is 1. The lowest BCUT2D eigenvalue weighted by Gasteiger charge is -1.97. The first-order valence-electron chi connectivity index (χ1n) is 3.24. The number of rotatable bonds is 3. The topological polar surface area (TPSA) is 42.9 Å². The molecule has 0 bridgehead atoms. The molecule has 1 aromatic heterocycles. The number of carbonyl (C=O) groups is 1. The molecule has 64 valence electrons. The lowest BCUT2D eigenvalue weighted by Crippen LogP contribution is -2.06. The summed E-state index contributed by atoms with van der Waals surface area (Å²) in [6.07, 6.45) is 3.50.